The molecular formula is C16H22O2. The van der Waals surface area contributed by atoms with Gasteiger partial charge in [-0.2, -0.15) is 0 Å². The maximum Gasteiger partial charge on any atom is 0.128 e. The molecule has 0 saturated heterocycles. The van der Waals surface area contributed by atoms with Crippen LogP contribution in [0.2, 0.25) is 0 Å². The first-order valence-corrected chi connectivity index (χ1v) is 7.00. The van der Waals surface area contributed by atoms with E-state index in [9.17, 15) is 5.11 Å². The topological polar surface area (TPSA) is 29.5 Å². The lowest BCUT2D eigenvalue weighted by Gasteiger charge is -2.27. The molecule has 0 aromatic heterocycles. The molecule has 0 amide bonds. The van der Waals surface area contributed by atoms with E-state index >= 15 is 0 Å². The highest BCUT2D eigenvalue weighted by atomic mass is 16.5. The summed E-state index contributed by atoms with van der Waals surface area (Å²) < 4.78 is 5.63. The zero-order valence-corrected chi connectivity index (χ0v) is 11.6. The Hall–Kier alpha value is -1.02. The van der Waals surface area contributed by atoms with Gasteiger partial charge in [0.2, 0.25) is 0 Å². The van der Waals surface area contributed by atoms with Gasteiger partial charge in [0.1, 0.15) is 5.75 Å². The Morgan fingerprint density at radius 3 is 2.06 bits per heavy atom. The van der Waals surface area contributed by atoms with Crippen molar-refractivity contribution in [3.63, 3.8) is 0 Å². The highest BCUT2D eigenvalue weighted by Crippen LogP contribution is 2.52. The molecule has 18 heavy (non-hydrogen) atoms. The number of hydrogen-bond donors (Lipinski definition) is 1. The van der Waals surface area contributed by atoms with Gasteiger partial charge in [-0.25, -0.2) is 0 Å². The van der Waals surface area contributed by atoms with Gasteiger partial charge in [0, 0.05) is 5.56 Å². The molecule has 0 atom stereocenters. The number of ether oxygens (including phenoxy) is 1. The zero-order chi connectivity index (χ0) is 12.9. The monoisotopic (exact) mass is 246 g/mol. The molecule has 1 aromatic carbocycles. The third-order valence-electron chi connectivity index (χ3n) is 4.71. The molecule has 2 nitrogen and oxygen atoms in total. The molecule has 1 aromatic rings. The zero-order valence-electron chi connectivity index (χ0n) is 11.6. The molecule has 0 radical (unpaired) electrons. The van der Waals surface area contributed by atoms with Crippen molar-refractivity contribution in [1.82, 2.24) is 0 Å². The van der Waals surface area contributed by atoms with E-state index in [0.717, 1.165) is 37.0 Å². The van der Waals surface area contributed by atoms with Gasteiger partial charge in [-0.05, 0) is 74.6 Å². The summed E-state index contributed by atoms with van der Waals surface area (Å²) in [6, 6.07) is 0. The third-order valence-corrected chi connectivity index (χ3v) is 4.71. The van der Waals surface area contributed by atoms with Crippen molar-refractivity contribution in [2.45, 2.75) is 58.0 Å². The highest BCUT2D eigenvalue weighted by Gasteiger charge is 2.46. The number of rotatable bonds is 2. The van der Waals surface area contributed by atoms with Gasteiger partial charge in [-0.3, -0.25) is 0 Å². The maximum atomic E-state index is 10.5. The Kier molecular flexibility index (Phi) is 2.67. The lowest BCUT2D eigenvalue weighted by Crippen LogP contribution is -2.16. The minimum Gasteiger partial charge on any atom is -0.496 e. The van der Waals surface area contributed by atoms with Crippen LogP contribution in [-0.2, 0) is 18.4 Å². The fourth-order valence-electron chi connectivity index (χ4n) is 3.56. The molecule has 0 aliphatic heterocycles. The van der Waals surface area contributed by atoms with Crippen LogP contribution in [-0.4, -0.2) is 12.2 Å². The summed E-state index contributed by atoms with van der Waals surface area (Å²) in [5.74, 6) is 0.938. The van der Waals surface area contributed by atoms with Crippen molar-refractivity contribution in [2.75, 3.05) is 7.11 Å². The summed E-state index contributed by atoms with van der Waals surface area (Å²) >= 11 is 0. The first kappa shape index (κ1) is 12.0. The van der Waals surface area contributed by atoms with Crippen LogP contribution in [0.5, 0.6) is 5.75 Å². The van der Waals surface area contributed by atoms with Crippen LogP contribution in [0, 0.1) is 13.8 Å². The molecule has 0 unspecified atom stereocenters. The van der Waals surface area contributed by atoms with Crippen molar-refractivity contribution in [2.24, 2.45) is 0 Å². The Bertz CT molecular complexity index is 499. The van der Waals surface area contributed by atoms with Gasteiger partial charge in [-0.15, -0.1) is 0 Å². The van der Waals surface area contributed by atoms with Crippen molar-refractivity contribution in [3.8, 4) is 5.75 Å². The van der Waals surface area contributed by atoms with Gasteiger partial charge >= 0.3 is 0 Å². The number of fused-ring (bicyclic) bond motifs is 1. The molecule has 2 heteroatoms. The van der Waals surface area contributed by atoms with E-state index in [1.807, 2.05) is 0 Å². The summed E-state index contributed by atoms with van der Waals surface area (Å²) in [4.78, 5) is 0. The van der Waals surface area contributed by atoms with Gasteiger partial charge in [0.05, 0.1) is 12.7 Å². The molecule has 0 heterocycles. The van der Waals surface area contributed by atoms with Crippen LogP contribution in [0.4, 0.5) is 0 Å². The van der Waals surface area contributed by atoms with Crippen LogP contribution in [0.15, 0.2) is 0 Å². The summed E-state index contributed by atoms with van der Waals surface area (Å²) in [5, 5.41) is 10.5. The summed E-state index contributed by atoms with van der Waals surface area (Å²) in [6.07, 6.45) is 6.63. The van der Waals surface area contributed by atoms with Crippen LogP contribution in [0.25, 0.3) is 0 Å². The first-order valence-electron chi connectivity index (χ1n) is 7.00. The molecule has 3 rings (SSSR count). The number of aliphatic hydroxyl groups is 1. The number of hydrogen-bond acceptors (Lipinski definition) is 2. The number of benzene rings is 1. The maximum absolute atomic E-state index is 10.5. The van der Waals surface area contributed by atoms with Crippen molar-refractivity contribution in [3.05, 3.63) is 27.8 Å². The lowest BCUT2D eigenvalue weighted by molar-refractivity contribution is 0.146. The minimum absolute atomic E-state index is 0.605. The molecule has 1 saturated carbocycles. The largest absolute Gasteiger partial charge is 0.496 e. The molecule has 0 bridgehead atoms. The normalized spacial score (nSPS) is 20.4. The highest BCUT2D eigenvalue weighted by molar-refractivity contribution is 5.59. The van der Waals surface area contributed by atoms with E-state index in [2.05, 4.69) is 13.8 Å². The van der Waals surface area contributed by atoms with Crippen LogP contribution in [0.3, 0.4) is 0 Å². The van der Waals surface area contributed by atoms with Crippen molar-refractivity contribution in [1.29, 1.82) is 0 Å². The molecule has 0 spiro atoms. The summed E-state index contributed by atoms with van der Waals surface area (Å²) in [6.45, 7) is 4.31. The van der Waals surface area contributed by atoms with Gasteiger partial charge < -0.3 is 9.84 Å². The third kappa shape index (κ3) is 1.58. The Morgan fingerprint density at radius 1 is 1.00 bits per heavy atom. The van der Waals surface area contributed by atoms with Gasteiger partial charge in [-0.1, -0.05) is 0 Å². The quantitative estimate of drug-likeness (QED) is 0.868. The van der Waals surface area contributed by atoms with E-state index in [4.69, 9.17) is 4.74 Å². The average Bonchev–Trinajstić information content (AvgIpc) is 3.12. The Morgan fingerprint density at radius 2 is 1.56 bits per heavy atom. The van der Waals surface area contributed by atoms with Gasteiger partial charge in [0.15, 0.2) is 0 Å². The second kappa shape index (κ2) is 3.99. The second-order valence-corrected chi connectivity index (χ2v) is 5.85. The summed E-state index contributed by atoms with van der Waals surface area (Å²) in [5.41, 5.74) is 5.97. The van der Waals surface area contributed by atoms with E-state index in [0.29, 0.717) is 0 Å². The molecule has 2 aliphatic rings. The molecule has 1 fully saturated rings. The Balaban J connectivity index is 2.27. The predicted molar refractivity (Wildman–Crippen MR) is 72.2 cm³/mol. The second-order valence-electron chi connectivity index (χ2n) is 5.85. The molecule has 2 aliphatic carbocycles. The van der Waals surface area contributed by atoms with Crippen molar-refractivity contribution >= 4 is 0 Å². The summed E-state index contributed by atoms with van der Waals surface area (Å²) in [7, 11) is 1.73. The smallest absolute Gasteiger partial charge is 0.128 e. The average molecular weight is 246 g/mol. The lowest BCUT2D eigenvalue weighted by atomic mass is 9.81. The minimum atomic E-state index is -0.605. The standard InChI is InChI=1S/C16H22O2/c1-10-12-6-4-5-7-13(12)11(2)15(18-3)14(10)16(17)8-9-16/h17H,4-9H2,1-3H3. The van der Waals surface area contributed by atoms with E-state index in [-0.39, 0.29) is 0 Å². The molecular weight excluding hydrogens is 224 g/mol. The van der Waals surface area contributed by atoms with Crippen LogP contribution in [0.1, 0.15) is 53.5 Å². The van der Waals surface area contributed by atoms with Crippen LogP contribution < -0.4 is 4.74 Å². The molecule has 98 valence electrons. The SMILES string of the molecule is COc1c(C)c2c(c(C)c1C1(O)CC1)CCCC2. The number of methoxy groups -OCH3 is 1. The van der Waals surface area contributed by atoms with E-state index < -0.39 is 5.60 Å². The van der Waals surface area contributed by atoms with Gasteiger partial charge in [0.25, 0.3) is 0 Å². The van der Waals surface area contributed by atoms with E-state index in [1.165, 1.54) is 35.1 Å². The first-order chi connectivity index (χ1) is 8.58. The van der Waals surface area contributed by atoms with Crippen molar-refractivity contribution < 1.29 is 9.84 Å². The predicted octanol–water partition coefficient (Wildman–Crippen LogP) is 3.17. The molecule has 1 N–H and O–H groups in total. The fourth-order valence-corrected chi connectivity index (χ4v) is 3.56. The fraction of sp³-hybridized carbons (Fsp3) is 0.625. The van der Waals surface area contributed by atoms with Crippen LogP contribution >= 0.6 is 0 Å². The Labute approximate surface area is 109 Å². The van der Waals surface area contributed by atoms with E-state index in [1.54, 1.807) is 7.11 Å².